The summed E-state index contributed by atoms with van der Waals surface area (Å²) >= 11 is 0. The number of fused-ring (bicyclic) bond motifs is 1. The summed E-state index contributed by atoms with van der Waals surface area (Å²) in [4.78, 5) is 22.1. The van der Waals surface area contributed by atoms with E-state index in [9.17, 15) is 4.79 Å². The minimum absolute atomic E-state index is 0.00252. The monoisotopic (exact) mass is 389 g/mol. The number of imidazole rings is 1. The molecule has 4 rings (SSSR count). The van der Waals surface area contributed by atoms with Crippen LogP contribution < -0.4 is 0 Å². The molecule has 0 bridgehead atoms. The Morgan fingerprint density at radius 2 is 1.86 bits per heavy atom. The zero-order valence-electron chi connectivity index (χ0n) is 16.8. The van der Waals surface area contributed by atoms with Crippen LogP contribution in [0, 0.1) is 13.8 Å². The van der Waals surface area contributed by atoms with Crippen molar-refractivity contribution in [2.45, 2.75) is 33.2 Å². The van der Waals surface area contributed by atoms with E-state index in [0.717, 1.165) is 22.4 Å². The number of nitrogens with one attached hydrogen (secondary N) is 1. The van der Waals surface area contributed by atoms with Gasteiger partial charge in [0.25, 0.3) is 0 Å². The van der Waals surface area contributed by atoms with E-state index in [1.54, 1.807) is 11.9 Å². The molecule has 1 amide bonds. The molecule has 0 radical (unpaired) electrons. The van der Waals surface area contributed by atoms with Crippen molar-refractivity contribution in [2.75, 3.05) is 7.05 Å². The van der Waals surface area contributed by atoms with Gasteiger partial charge in [0, 0.05) is 25.5 Å². The molecule has 0 aliphatic carbocycles. The molecule has 0 unspecified atom stereocenters. The number of benzene rings is 2. The molecule has 0 spiro atoms. The number of hydrogen-bond acceptors (Lipinski definition) is 5. The van der Waals surface area contributed by atoms with Gasteiger partial charge in [0.2, 0.25) is 17.7 Å². The van der Waals surface area contributed by atoms with Gasteiger partial charge in [0.1, 0.15) is 5.82 Å². The van der Waals surface area contributed by atoms with Crippen LogP contribution in [-0.2, 0) is 17.8 Å². The Hall–Kier alpha value is -3.48. The molecule has 0 saturated heterocycles. The maximum absolute atomic E-state index is 12.5. The van der Waals surface area contributed by atoms with Gasteiger partial charge in [-0.15, -0.1) is 10.2 Å². The third-order valence-corrected chi connectivity index (χ3v) is 5.00. The van der Waals surface area contributed by atoms with E-state index in [-0.39, 0.29) is 5.91 Å². The Morgan fingerprint density at radius 3 is 2.66 bits per heavy atom. The average molecular weight is 389 g/mol. The van der Waals surface area contributed by atoms with Crippen LogP contribution in [0.15, 0.2) is 46.9 Å². The Balaban J connectivity index is 1.36. The van der Waals surface area contributed by atoms with Gasteiger partial charge in [-0.25, -0.2) is 4.98 Å². The highest BCUT2D eigenvalue weighted by Crippen LogP contribution is 2.19. The predicted octanol–water partition coefficient (Wildman–Crippen LogP) is 3.82. The number of carbonyl (C=O) groups excluding carboxylic acids is 1. The van der Waals surface area contributed by atoms with Crippen molar-refractivity contribution in [1.82, 2.24) is 25.1 Å². The summed E-state index contributed by atoms with van der Waals surface area (Å²) in [6.45, 7) is 4.57. The van der Waals surface area contributed by atoms with Crippen molar-refractivity contribution < 1.29 is 9.21 Å². The van der Waals surface area contributed by atoms with E-state index in [1.165, 1.54) is 11.1 Å². The highest BCUT2D eigenvalue weighted by Gasteiger charge is 2.15. The fourth-order valence-electron chi connectivity index (χ4n) is 3.17. The topological polar surface area (TPSA) is 87.9 Å². The van der Waals surface area contributed by atoms with Crippen LogP contribution in [0.3, 0.4) is 0 Å². The molecule has 0 aliphatic heterocycles. The molecule has 2 aromatic heterocycles. The van der Waals surface area contributed by atoms with Crippen LogP contribution in [0.25, 0.3) is 22.5 Å². The molecule has 0 saturated carbocycles. The first-order chi connectivity index (χ1) is 14.0. The normalized spacial score (nSPS) is 11.1. The van der Waals surface area contributed by atoms with Crippen LogP contribution in [0.2, 0.25) is 0 Å². The van der Waals surface area contributed by atoms with Crippen molar-refractivity contribution in [3.63, 3.8) is 0 Å². The number of aryl methyl sites for hydroxylation is 3. The SMILES string of the molecule is Cc1cc2nc(CN(C)C(=O)CCc3nnc(-c4ccccc4)o3)[nH]c2cc1C. The summed E-state index contributed by atoms with van der Waals surface area (Å²) in [5, 5.41) is 8.11. The van der Waals surface area contributed by atoms with E-state index in [2.05, 4.69) is 46.1 Å². The zero-order chi connectivity index (χ0) is 20.4. The number of nitrogens with zero attached hydrogens (tertiary/aromatic N) is 4. The first-order valence-electron chi connectivity index (χ1n) is 9.57. The molecule has 2 aromatic carbocycles. The lowest BCUT2D eigenvalue weighted by Gasteiger charge is -2.15. The number of rotatable bonds is 6. The zero-order valence-corrected chi connectivity index (χ0v) is 16.8. The molecule has 0 aliphatic rings. The number of aromatic amines is 1. The van der Waals surface area contributed by atoms with Crippen molar-refractivity contribution >= 4 is 16.9 Å². The van der Waals surface area contributed by atoms with Gasteiger partial charge >= 0.3 is 0 Å². The standard InChI is InChI=1S/C22H23N5O2/c1-14-11-17-18(12-15(14)2)24-19(23-17)13-27(3)21(28)10-9-20-25-26-22(29-20)16-7-5-4-6-8-16/h4-8,11-12H,9-10,13H2,1-3H3,(H,23,24). The largest absolute Gasteiger partial charge is 0.421 e. The van der Waals surface area contributed by atoms with Crippen molar-refractivity contribution in [1.29, 1.82) is 0 Å². The molecule has 148 valence electrons. The number of H-pyrrole nitrogens is 1. The Bertz CT molecular complexity index is 1110. The summed E-state index contributed by atoms with van der Waals surface area (Å²) in [7, 11) is 1.77. The number of hydrogen-bond donors (Lipinski definition) is 1. The third-order valence-electron chi connectivity index (χ3n) is 5.00. The molecule has 1 N–H and O–H groups in total. The van der Waals surface area contributed by atoms with E-state index in [1.807, 2.05) is 30.3 Å². The molecule has 2 heterocycles. The number of carbonyl (C=O) groups is 1. The average Bonchev–Trinajstić information content (AvgIpc) is 3.34. The van der Waals surface area contributed by atoms with Gasteiger partial charge in [-0.2, -0.15) is 0 Å². The molecule has 0 fully saturated rings. The van der Waals surface area contributed by atoms with Gasteiger partial charge in [-0.1, -0.05) is 18.2 Å². The second kappa shape index (κ2) is 7.87. The van der Waals surface area contributed by atoms with Gasteiger partial charge in [-0.3, -0.25) is 4.79 Å². The second-order valence-corrected chi connectivity index (χ2v) is 7.25. The molecule has 4 aromatic rings. The van der Waals surface area contributed by atoms with Crippen LogP contribution >= 0.6 is 0 Å². The minimum atomic E-state index is -0.00252. The molecule has 7 heteroatoms. The number of aromatic nitrogens is 4. The van der Waals surface area contributed by atoms with Crippen molar-refractivity contribution in [3.05, 3.63) is 65.3 Å². The van der Waals surface area contributed by atoms with Crippen LogP contribution in [-0.4, -0.2) is 38.0 Å². The summed E-state index contributed by atoms with van der Waals surface area (Å²) in [5.41, 5.74) is 5.19. The lowest BCUT2D eigenvalue weighted by Crippen LogP contribution is -2.26. The summed E-state index contributed by atoms with van der Waals surface area (Å²) in [5.74, 6) is 1.69. The third kappa shape index (κ3) is 4.18. The van der Waals surface area contributed by atoms with Crippen LogP contribution in [0.5, 0.6) is 0 Å². The molecular weight excluding hydrogens is 366 g/mol. The fraction of sp³-hybridized carbons (Fsp3) is 0.273. The van der Waals surface area contributed by atoms with Crippen LogP contribution in [0.1, 0.15) is 29.3 Å². The summed E-state index contributed by atoms with van der Waals surface area (Å²) in [6, 6.07) is 13.7. The van der Waals surface area contributed by atoms with Crippen molar-refractivity contribution in [2.24, 2.45) is 0 Å². The first-order valence-corrected chi connectivity index (χ1v) is 9.57. The van der Waals surface area contributed by atoms with Gasteiger partial charge < -0.3 is 14.3 Å². The van der Waals surface area contributed by atoms with Gasteiger partial charge in [0.05, 0.1) is 17.6 Å². The van der Waals surface area contributed by atoms with Crippen LogP contribution in [0.4, 0.5) is 0 Å². The Kier molecular flexibility index (Phi) is 5.12. The van der Waals surface area contributed by atoms with E-state index in [4.69, 9.17) is 4.42 Å². The quantitative estimate of drug-likeness (QED) is 0.542. The smallest absolute Gasteiger partial charge is 0.247 e. The fourth-order valence-corrected chi connectivity index (χ4v) is 3.17. The van der Waals surface area contributed by atoms with Gasteiger partial charge in [-0.05, 0) is 49.2 Å². The van der Waals surface area contributed by atoms with E-state index in [0.29, 0.717) is 31.2 Å². The maximum atomic E-state index is 12.5. The molecule has 29 heavy (non-hydrogen) atoms. The first kappa shape index (κ1) is 18.9. The Labute approximate surface area is 168 Å². The lowest BCUT2D eigenvalue weighted by atomic mass is 10.1. The summed E-state index contributed by atoms with van der Waals surface area (Å²) < 4.78 is 5.67. The second-order valence-electron chi connectivity index (χ2n) is 7.25. The molecule has 0 atom stereocenters. The lowest BCUT2D eigenvalue weighted by molar-refractivity contribution is -0.130. The predicted molar refractivity (Wildman–Crippen MR) is 110 cm³/mol. The number of amides is 1. The summed E-state index contributed by atoms with van der Waals surface area (Å²) in [6.07, 6.45) is 0.701. The Morgan fingerprint density at radius 1 is 1.10 bits per heavy atom. The van der Waals surface area contributed by atoms with E-state index >= 15 is 0 Å². The van der Waals surface area contributed by atoms with E-state index < -0.39 is 0 Å². The molecular formula is C22H23N5O2. The molecule has 7 nitrogen and oxygen atoms in total. The highest BCUT2D eigenvalue weighted by molar-refractivity contribution is 5.78. The maximum Gasteiger partial charge on any atom is 0.247 e. The highest BCUT2D eigenvalue weighted by atomic mass is 16.4. The van der Waals surface area contributed by atoms with Gasteiger partial charge in [0.15, 0.2) is 0 Å². The minimum Gasteiger partial charge on any atom is -0.421 e. The van der Waals surface area contributed by atoms with Crippen molar-refractivity contribution in [3.8, 4) is 11.5 Å².